The van der Waals surface area contributed by atoms with E-state index in [2.05, 4.69) is 47.0 Å². The molecular weight excluding hydrogens is 292 g/mol. The van der Waals surface area contributed by atoms with Gasteiger partial charge in [0.25, 0.3) is 0 Å². The number of fused-ring (bicyclic) bond motifs is 3. The molecule has 4 nitrogen and oxygen atoms in total. The number of rotatable bonds is 0. The Balaban J connectivity index is 2.30. The zero-order valence-electron chi connectivity index (χ0n) is 10.9. The molecule has 18 heavy (non-hydrogen) atoms. The van der Waals surface area contributed by atoms with E-state index in [0.29, 0.717) is 0 Å². The van der Waals surface area contributed by atoms with E-state index in [-0.39, 0.29) is 5.41 Å². The Bertz CT molecular complexity index is 609. The highest BCUT2D eigenvalue weighted by Crippen LogP contribution is 2.32. The highest BCUT2D eigenvalue weighted by Gasteiger charge is 2.25. The minimum atomic E-state index is 0.0202. The predicted molar refractivity (Wildman–Crippen MR) is 74.8 cm³/mol. The lowest BCUT2D eigenvalue weighted by Gasteiger charge is -2.17. The van der Waals surface area contributed by atoms with E-state index in [9.17, 15) is 0 Å². The maximum Gasteiger partial charge on any atom is 0.169 e. The second kappa shape index (κ2) is 4.03. The standard InChI is InChI=1S/C13H17BrN4/c1-13(2,3)11-10(14)12-16-7-8-6-15-5-4-9(8)18(12)17-11/h7,15H,4-6H2,1-3H3. The van der Waals surface area contributed by atoms with Crippen molar-refractivity contribution in [3.05, 3.63) is 27.6 Å². The predicted octanol–water partition coefficient (Wildman–Crippen LogP) is 2.44. The Morgan fingerprint density at radius 3 is 2.89 bits per heavy atom. The first-order chi connectivity index (χ1) is 8.48. The summed E-state index contributed by atoms with van der Waals surface area (Å²) in [6.07, 6.45) is 2.97. The van der Waals surface area contributed by atoms with Crippen LogP contribution in [-0.2, 0) is 18.4 Å². The summed E-state index contributed by atoms with van der Waals surface area (Å²) >= 11 is 3.65. The van der Waals surface area contributed by atoms with E-state index in [1.807, 2.05) is 10.7 Å². The van der Waals surface area contributed by atoms with Crippen molar-refractivity contribution in [3.8, 4) is 0 Å². The average Bonchev–Trinajstić information content (AvgIpc) is 2.67. The van der Waals surface area contributed by atoms with Crippen LogP contribution in [0.3, 0.4) is 0 Å². The molecule has 3 rings (SSSR count). The molecule has 5 heteroatoms. The van der Waals surface area contributed by atoms with E-state index < -0.39 is 0 Å². The molecule has 0 saturated carbocycles. The normalized spacial score (nSPS) is 16.0. The van der Waals surface area contributed by atoms with Gasteiger partial charge in [0.1, 0.15) is 0 Å². The fourth-order valence-corrected chi connectivity index (χ4v) is 3.31. The lowest BCUT2D eigenvalue weighted by Crippen LogP contribution is -2.26. The van der Waals surface area contributed by atoms with Gasteiger partial charge in [-0.05, 0) is 15.9 Å². The smallest absolute Gasteiger partial charge is 0.169 e. The van der Waals surface area contributed by atoms with Gasteiger partial charge in [-0.3, -0.25) is 0 Å². The van der Waals surface area contributed by atoms with Crippen molar-refractivity contribution >= 4 is 21.6 Å². The Morgan fingerprint density at radius 1 is 1.39 bits per heavy atom. The lowest BCUT2D eigenvalue weighted by atomic mass is 9.92. The number of hydrogen-bond donors (Lipinski definition) is 1. The molecule has 1 aliphatic rings. The third-order valence-electron chi connectivity index (χ3n) is 3.34. The Hall–Kier alpha value is -0.940. The minimum Gasteiger partial charge on any atom is -0.312 e. The lowest BCUT2D eigenvalue weighted by molar-refractivity contribution is 0.552. The second-order valence-corrected chi connectivity index (χ2v) is 6.60. The highest BCUT2D eigenvalue weighted by molar-refractivity contribution is 9.10. The topological polar surface area (TPSA) is 42.2 Å². The van der Waals surface area contributed by atoms with Crippen LogP contribution in [0.1, 0.15) is 37.7 Å². The van der Waals surface area contributed by atoms with Crippen LogP contribution in [0.25, 0.3) is 5.65 Å². The van der Waals surface area contributed by atoms with Crippen LogP contribution >= 0.6 is 15.9 Å². The molecule has 0 fully saturated rings. The summed E-state index contributed by atoms with van der Waals surface area (Å²) in [6, 6.07) is 0. The molecule has 1 N–H and O–H groups in total. The van der Waals surface area contributed by atoms with Gasteiger partial charge in [-0.1, -0.05) is 20.8 Å². The van der Waals surface area contributed by atoms with Crippen LogP contribution in [0.5, 0.6) is 0 Å². The number of nitrogens with zero attached hydrogens (tertiary/aromatic N) is 3. The van der Waals surface area contributed by atoms with Gasteiger partial charge in [0, 0.05) is 36.7 Å². The van der Waals surface area contributed by atoms with Crippen LogP contribution in [0.15, 0.2) is 10.7 Å². The second-order valence-electron chi connectivity index (χ2n) is 5.80. The molecular formula is C13H17BrN4. The molecule has 0 amide bonds. The van der Waals surface area contributed by atoms with Crippen LogP contribution in [-0.4, -0.2) is 21.1 Å². The van der Waals surface area contributed by atoms with Gasteiger partial charge in [0.05, 0.1) is 15.9 Å². The van der Waals surface area contributed by atoms with Crippen molar-refractivity contribution in [1.82, 2.24) is 19.9 Å². The van der Waals surface area contributed by atoms with Gasteiger partial charge in [-0.2, -0.15) is 5.10 Å². The zero-order chi connectivity index (χ0) is 12.9. The Labute approximate surface area is 115 Å². The first kappa shape index (κ1) is 12.1. The Kier molecular flexibility index (Phi) is 2.71. The van der Waals surface area contributed by atoms with Crippen molar-refractivity contribution in [3.63, 3.8) is 0 Å². The molecule has 0 spiro atoms. The van der Waals surface area contributed by atoms with Gasteiger partial charge < -0.3 is 5.32 Å². The first-order valence-electron chi connectivity index (χ1n) is 6.24. The molecule has 0 atom stereocenters. The first-order valence-corrected chi connectivity index (χ1v) is 7.04. The molecule has 2 aromatic heterocycles. The largest absolute Gasteiger partial charge is 0.312 e. The molecule has 2 aromatic rings. The van der Waals surface area contributed by atoms with Gasteiger partial charge >= 0.3 is 0 Å². The monoisotopic (exact) mass is 308 g/mol. The summed E-state index contributed by atoms with van der Waals surface area (Å²) in [4.78, 5) is 4.54. The maximum absolute atomic E-state index is 4.78. The summed E-state index contributed by atoms with van der Waals surface area (Å²) in [5, 5.41) is 8.14. The molecule has 0 bridgehead atoms. The van der Waals surface area contributed by atoms with E-state index in [1.165, 1.54) is 11.3 Å². The zero-order valence-corrected chi connectivity index (χ0v) is 12.5. The summed E-state index contributed by atoms with van der Waals surface area (Å²) in [6.45, 7) is 8.42. The van der Waals surface area contributed by atoms with Crippen LogP contribution in [0.2, 0.25) is 0 Å². The summed E-state index contributed by atoms with van der Waals surface area (Å²) in [5.41, 5.74) is 4.56. The maximum atomic E-state index is 4.78. The van der Waals surface area contributed by atoms with E-state index in [0.717, 1.165) is 35.3 Å². The van der Waals surface area contributed by atoms with Gasteiger partial charge in [0.15, 0.2) is 5.65 Å². The van der Waals surface area contributed by atoms with Crippen molar-refractivity contribution < 1.29 is 0 Å². The molecule has 3 heterocycles. The van der Waals surface area contributed by atoms with Gasteiger partial charge in [-0.25, -0.2) is 9.50 Å². The summed E-state index contributed by atoms with van der Waals surface area (Å²) in [7, 11) is 0. The third-order valence-corrected chi connectivity index (χ3v) is 4.07. The third kappa shape index (κ3) is 1.77. The Morgan fingerprint density at radius 2 is 2.17 bits per heavy atom. The van der Waals surface area contributed by atoms with Crippen molar-refractivity contribution in [2.75, 3.05) is 6.54 Å². The average molecular weight is 309 g/mol. The van der Waals surface area contributed by atoms with Crippen molar-refractivity contribution in [2.45, 2.75) is 39.2 Å². The van der Waals surface area contributed by atoms with E-state index in [4.69, 9.17) is 5.10 Å². The highest BCUT2D eigenvalue weighted by atomic mass is 79.9. The van der Waals surface area contributed by atoms with E-state index >= 15 is 0 Å². The fourth-order valence-electron chi connectivity index (χ4n) is 2.36. The van der Waals surface area contributed by atoms with E-state index in [1.54, 1.807) is 0 Å². The van der Waals surface area contributed by atoms with Crippen LogP contribution in [0, 0.1) is 0 Å². The van der Waals surface area contributed by atoms with Crippen molar-refractivity contribution in [1.29, 1.82) is 0 Å². The number of halogens is 1. The van der Waals surface area contributed by atoms with Crippen LogP contribution < -0.4 is 5.32 Å². The van der Waals surface area contributed by atoms with Gasteiger partial charge in [0.2, 0.25) is 0 Å². The molecule has 0 aromatic carbocycles. The minimum absolute atomic E-state index is 0.0202. The quantitative estimate of drug-likeness (QED) is 0.813. The van der Waals surface area contributed by atoms with Gasteiger partial charge in [-0.15, -0.1) is 0 Å². The number of aromatic nitrogens is 3. The molecule has 1 aliphatic heterocycles. The molecule has 0 saturated heterocycles. The van der Waals surface area contributed by atoms with Crippen molar-refractivity contribution in [2.24, 2.45) is 0 Å². The summed E-state index contributed by atoms with van der Waals surface area (Å²) in [5.74, 6) is 0. The molecule has 0 radical (unpaired) electrons. The van der Waals surface area contributed by atoms with Crippen LogP contribution in [0.4, 0.5) is 0 Å². The summed E-state index contributed by atoms with van der Waals surface area (Å²) < 4.78 is 3.04. The fraction of sp³-hybridized carbons (Fsp3) is 0.538. The SMILES string of the molecule is CC(C)(C)c1nn2c3c(cnc2c1Br)CNCC3. The molecule has 0 unspecified atom stereocenters. The number of hydrogen-bond acceptors (Lipinski definition) is 3. The number of nitrogens with one attached hydrogen (secondary N) is 1. The molecule has 96 valence electrons. The molecule has 0 aliphatic carbocycles.